The topological polar surface area (TPSA) is 6.48 Å². The molecule has 2 heteroatoms. The summed E-state index contributed by atoms with van der Waals surface area (Å²) < 4.78 is 0. The standard InChI is InChI=1S/C43H34N2/c1-44(39-23-17-36(18-24-39)33-11-5-2-6-12-33)40-29-31-43(32-30-40)45(41-25-19-37(20-26-41)34-13-7-3-8-14-34)42-27-21-38(22-28-42)35-15-9-4-10-16-35/h2-32H,1H3. The van der Waals surface area contributed by atoms with Crippen LogP contribution in [0, 0.1) is 0 Å². The van der Waals surface area contributed by atoms with E-state index in [1.54, 1.807) is 0 Å². The van der Waals surface area contributed by atoms with Crippen LogP contribution >= 0.6 is 0 Å². The van der Waals surface area contributed by atoms with Gasteiger partial charge in [0.05, 0.1) is 0 Å². The SMILES string of the molecule is CN(c1ccc(-c2ccccc2)cc1)c1ccc(N(c2ccc(-c3ccccc3)cc2)c2ccc(-c3ccccc3)cc2)cc1. The molecular weight excluding hydrogens is 544 g/mol. The normalized spacial score (nSPS) is 10.8. The summed E-state index contributed by atoms with van der Waals surface area (Å²) in [6, 6.07) is 66.8. The first kappa shape index (κ1) is 27.9. The maximum absolute atomic E-state index is 2.32. The van der Waals surface area contributed by atoms with E-state index >= 15 is 0 Å². The van der Waals surface area contributed by atoms with Gasteiger partial charge in [0.25, 0.3) is 0 Å². The van der Waals surface area contributed by atoms with Crippen molar-refractivity contribution in [3.05, 3.63) is 188 Å². The van der Waals surface area contributed by atoms with Crippen LogP contribution in [0.4, 0.5) is 28.4 Å². The van der Waals surface area contributed by atoms with Gasteiger partial charge in [0.15, 0.2) is 0 Å². The fraction of sp³-hybridized carbons (Fsp3) is 0.0233. The monoisotopic (exact) mass is 578 g/mol. The Morgan fingerprint density at radius 2 is 0.467 bits per heavy atom. The molecule has 0 aliphatic carbocycles. The quantitative estimate of drug-likeness (QED) is 0.177. The Morgan fingerprint density at radius 3 is 0.778 bits per heavy atom. The number of rotatable bonds is 8. The molecule has 7 rings (SSSR count). The van der Waals surface area contributed by atoms with Crippen LogP contribution in [-0.2, 0) is 0 Å². The molecule has 0 radical (unpaired) electrons. The molecule has 2 nitrogen and oxygen atoms in total. The van der Waals surface area contributed by atoms with Gasteiger partial charge in [-0.2, -0.15) is 0 Å². The van der Waals surface area contributed by atoms with Gasteiger partial charge < -0.3 is 9.80 Å². The smallest absolute Gasteiger partial charge is 0.0463 e. The summed E-state index contributed by atoms with van der Waals surface area (Å²) in [6.07, 6.45) is 0. The first-order chi connectivity index (χ1) is 22.2. The van der Waals surface area contributed by atoms with E-state index in [9.17, 15) is 0 Å². The third-order valence-corrected chi connectivity index (χ3v) is 8.32. The zero-order chi connectivity index (χ0) is 30.4. The van der Waals surface area contributed by atoms with Crippen LogP contribution in [0.25, 0.3) is 33.4 Å². The molecule has 0 spiro atoms. The second-order valence-corrected chi connectivity index (χ2v) is 11.1. The van der Waals surface area contributed by atoms with Crippen LogP contribution < -0.4 is 9.80 Å². The number of nitrogens with zero attached hydrogens (tertiary/aromatic N) is 2. The van der Waals surface area contributed by atoms with Crippen LogP contribution in [0.15, 0.2) is 188 Å². The average molecular weight is 579 g/mol. The Balaban J connectivity index is 1.19. The van der Waals surface area contributed by atoms with E-state index in [-0.39, 0.29) is 0 Å². The summed E-state index contributed by atoms with van der Waals surface area (Å²) in [5.41, 5.74) is 12.9. The van der Waals surface area contributed by atoms with Crippen LogP contribution in [0.1, 0.15) is 0 Å². The van der Waals surface area contributed by atoms with E-state index < -0.39 is 0 Å². The molecular formula is C43H34N2. The van der Waals surface area contributed by atoms with Crippen molar-refractivity contribution in [2.45, 2.75) is 0 Å². The Hall–Kier alpha value is -5.86. The third kappa shape index (κ3) is 6.13. The van der Waals surface area contributed by atoms with Gasteiger partial charge in [-0.1, -0.05) is 127 Å². The lowest BCUT2D eigenvalue weighted by molar-refractivity contribution is 1.20. The second-order valence-electron chi connectivity index (χ2n) is 11.1. The molecule has 0 atom stereocenters. The number of benzene rings is 7. The van der Waals surface area contributed by atoms with E-state index in [1.165, 1.54) is 33.4 Å². The predicted molar refractivity (Wildman–Crippen MR) is 192 cm³/mol. The maximum Gasteiger partial charge on any atom is 0.0463 e. The minimum atomic E-state index is 1.10. The van der Waals surface area contributed by atoms with Crippen LogP contribution in [-0.4, -0.2) is 7.05 Å². The van der Waals surface area contributed by atoms with Crippen LogP contribution in [0.2, 0.25) is 0 Å². The van der Waals surface area contributed by atoms with E-state index in [4.69, 9.17) is 0 Å². The van der Waals surface area contributed by atoms with Crippen molar-refractivity contribution in [3.8, 4) is 33.4 Å². The molecule has 45 heavy (non-hydrogen) atoms. The maximum atomic E-state index is 2.32. The van der Waals surface area contributed by atoms with Crippen molar-refractivity contribution < 1.29 is 0 Å². The van der Waals surface area contributed by atoms with Crippen molar-refractivity contribution in [1.29, 1.82) is 0 Å². The van der Waals surface area contributed by atoms with Gasteiger partial charge in [-0.15, -0.1) is 0 Å². The van der Waals surface area contributed by atoms with Crippen molar-refractivity contribution in [2.75, 3.05) is 16.8 Å². The molecule has 7 aromatic rings. The van der Waals surface area contributed by atoms with Crippen molar-refractivity contribution in [2.24, 2.45) is 0 Å². The fourth-order valence-electron chi connectivity index (χ4n) is 5.80. The first-order valence-electron chi connectivity index (χ1n) is 15.3. The Kier molecular flexibility index (Phi) is 7.94. The van der Waals surface area contributed by atoms with Crippen molar-refractivity contribution in [1.82, 2.24) is 0 Å². The van der Waals surface area contributed by atoms with Crippen molar-refractivity contribution >= 4 is 28.4 Å². The summed E-state index contributed by atoms with van der Waals surface area (Å²) in [6.45, 7) is 0. The van der Waals surface area contributed by atoms with E-state index in [2.05, 4.69) is 205 Å². The first-order valence-corrected chi connectivity index (χ1v) is 15.3. The molecule has 0 saturated heterocycles. The zero-order valence-corrected chi connectivity index (χ0v) is 25.3. The lowest BCUT2D eigenvalue weighted by Gasteiger charge is -2.27. The summed E-state index contributed by atoms with van der Waals surface area (Å²) in [7, 11) is 2.12. The minimum absolute atomic E-state index is 1.10. The van der Waals surface area contributed by atoms with Gasteiger partial charge >= 0.3 is 0 Å². The molecule has 0 N–H and O–H groups in total. The molecule has 0 fully saturated rings. The molecule has 0 unspecified atom stereocenters. The molecule has 0 bridgehead atoms. The highest BCUT2D eigenvalue weighted by molar-refractivity contribution is 5.81. The summed E-state index contributed by atoms with van der Waals surface area (Å²) in [5.74, 6) is 0. The lowest BCUT2D eigenvalue weighted by atomic mass is 10.0. The summed E-state index contributed by atoms with van der Waals surface area (Å²) >= 11 is 0. The largest absolute Gasteiger partial charge is 0.345 e. The molecule has 216 valence electrons. The highest BCUT2D eigenvalue weighted by Crippen LogP contribution is 2.38. The molecule has 0 aromatic heterocycles. The Morgan fingerprint density at radius 1 is 0.244 bits per heavy atom. The average Bonchev–Trinajstić information content (AvgIpc) is 3.13. The van der Waals surface area contributed by atoms with Crippen LogP contribution in [0.5, 0.6) is 0 Å². The predicted octanol–water partition coefficient (Wildman–Crippen LogP) is 11.9. The number of hydrogen-bond donors (Lipinski definition) is 0. The fourth-order valence-corrected chi connectivity index (χ4v) is 5.80. The Bertz CT molecular complexity index is 1870. The molecule has 0 aliphatic heterocycles. The zero-order valence-electron chi connectivity index (χ0n) is 25.3. The van der Waals surface area contributed by atoms with Gasteiger partial charge in [0.2, 0.25) is 0 Å². The summed E-state index contributed by atoms with van der Waals surface area (Å²) in [4.78, 5) is 4.55. The molecule has 0 aliphatic rings. The van der Waals surface area contributed by atoms with E-state index in [0.29, 0.717) is 0 Å². The third-order valence-electron chi connectivity index (χ3n) is 8.32. The van der Waals surface area contributed by atoms with Gasteiger partial charge in [-0.25, -0.2) is 0 Å². The van der Waals surface area contributed by atoms with Gasteiger partial charge in [-0.3, -0.25) is 0 Å². The molecule has 0 heterocycles. The minimum Gasteiger partial charge on any atom is -0.345 e. The van der Waals surface area contributed by atoms with Crippen molar-refractivity contribution in [3.63, 3.8) is 0 Å². The highest BCUT2D eigenvalue weighted by Gasteiger charge is 2.14. The van der Waals surface area contributed by atoms with Gasteiger partial charge in [0.1, 0.15) is 0 Å². The highest BCUT2D eigenvalue weighted by atomic mass is 15.1. The molecule has 0 saturated carbocycles. The lowest BCUT2D eigenvalue weighted by Crippen LogP contribution is -2.12. The molecule has 0 amide bonds. The van der Waals surface area contributed by atoms with Gasteiger partial charge in [0, 0.05) is 35.5 Å². The second kappa shape index (κ2) is 12.8. The number of anilines is 5. The molecule has 7 aromatic carbocycles. The number of hydrogen-bond acceptors (Lipinski definition) is 2. The Labute approximate surface area is 266 Å². The van der Waals surface area contributed by atoms with Gasteiger partial charge in [-0.05, 0) is 94.0 Å². The summed E-state index contributed by atoms with van der Waals surface area (Å²) in [5, 5.41) is 0. The van der Waals surface area contributed by atoms with E-state index in [0.717, 1.165) is 28.4 Å². The van der Waals surface area contributed by atoms with E-state index in [1.807, 2.05) is 0 Å². The van der Waals surface area contributed by atoms with Crippen LogP contribution in [0.3, 0.4) is 0 Å².